The molecule has 1 saturated carbocycles. The molecule has 0 spiro atoms. The smallest absolute Gasteiger partial charge is 0.105 e. The van der Waals surface area contributed by atoms with E-state index in [-0.39, 0.29) is 0 Å². The minimum Gasteiger partial charge on any atom is -0.469 e. The SMILES string of the molecule is CCC1(C(Cc2ccco2)NN)CCCC1. The summed E-state index contributed by atoms with van der Waals surface area (Å²) in [5.74, 6) is 6.77. The molecule has 1 atom stereocenters. The molecule has 1 aromatic rings. The molecule has 3 nitrogen and oxygen atoms in total. The standard InChI is InChI=1S/C13H22N2O/c1-2-13(7-3-4-8-13)12(15-14)10-11-6-5-9-16-11/h5-6,9,12,15H,2-4,7-8,10,14H2,1H3. The van der Waals surface area contributed by atoms with Crippen molar-refractivity contribution in [3.63, 3.8) is 0 Å². The molecule has 0 bridgehead atoms. The molecule has 1 aliphatic rings. The van der Waals surface area contributed by atoms with E-state index >= 15 is 0 Å². The fourth-order valence-corrected chi connectivity index (χ4v) is 3.11. The molecule has 0 aliphatic heterocycles. The zero-order valence-electron chi connectivity index (χ0n) is 10.0. The van der Waals surface area contributed by atoms with E-state index in [0.717, 1.165) is 12.2 Å². The monoisotopic (exact) mass is 222 g/mol. The average Bonchev–Trinajstić information content (AvgIpc) is 2.97. The maximum Gasteiger partial charge on any atom is 0.105 e. The van der Waals surface area contributed by atoms with Gasteiger partial charge < -0.3 is 4.42 Å². The van der Waals surface area contributed by atoms with Crippen LogP contribution in [0.5, 0.6) is 0 Å². The molecule has 3 heteroatoms. The highest BCUT2D eigenvalue weighted by Gasteiger charge is 2.39. The van der Waals surface area contributed by atoms with E-state index in [1.165, 1.54) is 32.1 Å². The maximum atomic E-state index is 5.74. The van der Waals surface area contributed by atoms with Crippen molar-refractivity contribution in [3.05, 3.63) is 24.2 Å². The largest absolute Gasteiger partial charge is 0.469 e. The number of hydrogen-bond acceptors (Lipinski definition) is 3. The van der Waals surface area contributed by atoms with E-state index in [0.29, 0.717) is 11.5 Å². The van der Waals surface area contributed by atoms with Crippen LogP contribution in [0.3, 0.4) is 0 Å². The van der Waals surface area contributed by atoms with Crippen LogP contribution in [-0.4, -0.2) is 6.04 Å². The highest BCUT2D eigenvalue weighted by Crippen LogP contribution is 2.44. The Kier molecular flexibility index (Phi) is 3.66. The summed E-state index contributed by atoms with van der Waals surface area (Å²) in [4.78, 5) is 0. The van der Waals surface area contributed by atoms with Gasteiger partial charge in [-0.3, -0.25) is 11.3 Å². The van der Waals surface area contributed by atoms with E-state index < -0.39 is 0 Å². The second kappa shape index (κ2) is 5.02. The van der Waals surface area contributed by atoms with Gasteiger partial charge in [-0.1, -0.05) is 19.8 Å². The van der Waals surface area contributed by atoms with Gasteiger partial charge in [0.2, 0.25) is 0 Å². The van der Waals surface area contributed by atoms with Crippen molar-refractivity contribution in [1.82, 2.24) is 5.43 Å². The van der Waals surface area contributed by atoms with Gasteiger partial charge in [0.05, 0.1) is 6.26 Å². The molecule has 1 aliphatic carbocycles. The number of nitrogens with two attached hydrogens (primary N) is 1. The Morgan fingerprint density at radius 1 is 1.50 bits per heavy atom. The van der Waals surface area contributed by atoms with Gasteiger partial charge in [-0.2, -0.15) is 0 Å². The predicted octanol–water partition coefficient (Wildman–Crippen LogP) is 2.62. The van der Waals surface area contributed by atoms with Crippen LogP contribution in [0.25, 0.3) is 0 Å². The van der Waals surface area contributed by atoms with Crippen molar-refractivity contribution in [1.29, 1.82) is 0 Å². The van der Waals surface area contributed by atoms with Crippen LogP contribution in [0, 0.1) is 5.41 Å². The van der Waals surface area contributed by atoms with Crippen LogP contribution < -0.4 is 11.3 Å². The van der Waals surface area contributed by atoms with Gasteiger partial charge in [-0.25, -0.2) is 0 Å². The maximum absolute atomic E-state index is 5.74. The second-order valence-corrected chi connectivity index (χ2v) is 4.93. The number of hydrogen-bond donors (Lipinski definition) is 2. The molecule has 0 radical (unpaired) electrons. The highest BCUT2D eigenvalue weighted by molar-refractivity contribution is 5.04. The molecule has 3 N–H and O–H groups in total. The van der Waals surface area contributed by atoms with Gasteiger partial charge in [-0.15, -0.1) is 0 Å². The molecule has 16 heavy (non-hydrogen) atoms. The highest BCUT2D eigenvalue weighted by atomic mass is 16.3. The van der Waals surface area contributed by atoms with Crippen LogP contribution >= 0.6 is 0 Å². The van der Waals surface area contributed by atoms with Crippen LogP contribution in [0.2, 0.25) is 0 Å². The Bertz CT molecular complexity index is 302. The molecular formula is C13H22N2O. The van der Waals surface area contributed by atoms with Crippen LogP contribution in [0.4, 0.5) is 0 Å². The Hall–Kier alpha value is -0.800. The van der Waals surface area contributed by atoms with E-state index in [4.69, 9.17) is 10.3 Å². The van der Waals surface area contributed by atoms with E-state index in [1.807, 2.05) is 12.1 Å². The first-order valence-corrected chi connectivity index (χ1v) is 6.29. The van der Waals surface area contributed by atoms with Gasteiger partial charge >= 0.3 is 0 Å². The number of nitrogens with one attached hydrogen (secondary N) is 1. The lowest BCUT2D eigenvalue weighted by atomic mass is 9.75. The second-order valence-electron chi connectivity index (χ2n) is 4.93. The van der Waals surface area contributed by atoms with Gasteiger partial charge in [0.25, 0.3) is 0 Å². The van der Waals surface area contributed by atoms with Crippen molar-refractivity contribution in [2.75, 3.05) is 0 Å². The Morgan fingerprint density at radius 2 is 2.25 bits per heavy atom. The summed E-state index contributed by atoms with van der Waals surface area (Å²) < 4.78 is 5.42. The van der Waals surface area contributed by atoms with Crippen LogP contribution in [-0.2, 0) is 6.42 Å². The normalized spacial score (nSPS) is 21.1. The van der Waals surface area contributed by atoms with Crippen molar-refractivity contribution >= 4 is 0 Å². The summed E-state index contributed by atoms with van der Waals surface area (Å²) in [5, 5.41) is 0. The van der Waals surface area contributed by atoms with E-state index in [2.05, 4.69) is 12.3 Å². The number of furan rings is 1. The van der Waals surface area contributed by atoms with Crippen LogP contribution in [0.1, 0.15) is 44.8 Å². The zero-order valence-corrected chi connectivity index (χ0v) is 10.0. The Morgan fingerprint density at radius 3 is 2.75 bits per heavy atom. The molecule has 1 heterocycles. The fourth-order valence-electron chi connectivity index (χ4n) is 3.11. The minimum absolute atomic E-state index is 0.339. The third-order valence-electron chi connectivity index (χ3n) is 4.23. The molecule has 2 rings (SSSR count). The Balaban J connectivity index is 2.08. The lowest BCUT2D eigenvalue weighted by molar-refractivity contribution is 0.179. The van der Waals surface area contributed by atoms with Crippen molar-refractivity contribution < 1.29 is 4.42 Å². The average molecular weight is 222 g/mol. The Labute approximate surface area is 97.4 Å². The summed E-state index contributed by atoms with van der Waals surface area (Å²) in [5.41, 5.74) is 3.39. The lowest BCUT2D eigenvalue weighted by Crippen LogP contribution is -2.48. The number of rotatable bonds is 5. The summed E-state index contributed by atoms with van der Waals surface area (Å²) in [6.07, 6.45) is 9.09. The van der Waals surface area contributed by atoms with Gasteiger partial charge in [0.15, 0.2) is 0 Å². The van der Waals surface area contributed by atoms with Gasteiger partial charge in [0.1, 0.15) is 5.76 Å². The zero-order chi connectivity index (χ0) is 11.4. The minimum atomic E-state index is 0.339. The summed E-state index contributed by atoms with van der Waals surface area (Å²) in [6.45, 7) is 2.28. The first-order valence-electron chi connectivity index (χ1n) is 6.29. The van der Waals surface area contributed by atoms with E-state index in [1.54, 1.807) is 6.26 Å². The summed E-state index contributed by atoms with van der Waals surface area (Å²) in [6, 6.07) is 4.31. The molecule has 1 fully saturated rings. The van der Waals surface area contributed by atoms with Crippen LogP contribution in [0.15, 0.2) is 22.8 Å². The molecule has 0 saturated heterocycles. The van der Waals surface area contributed by atoms with E-state index in [9.17, 15) is 0 Å². The summed E-state index contributed by atoms with van der Waals surface area (Å²) >= 11 is 0. The molecule has 1 unspecified atom stereocenters. The quantitative estimate of drug-likeness (QED) is 0.595. The van der Waals surface area contributed by atoms with Gasteiger partial charge in [0, 0.05) is 12.5 Å². The summed E-state index contributed by atoms with van der Waals surface area (Å²) in [7, 11) is 0. The molecule has 90 valence electrons. The number of hydrazine groups is 1. The molecular weight excluding hydrogens is 200 g/mol. The van der Waals surface area contributed by atoms with Crippen molar-refractivity contribution in [2.24, 2.45) is 11.3 Å². The van der Waals surface area contributed by atoms with Crippen molar-refractivity contribution in [2.45, 2.75) is 51.5 Å². The first kappa shape index (κ1) is 11.7. The third-order valence-corrected chi connectivity index (χ3v) is 4.23. The topological polar surface area (TPSA) is 51.2 Å². The lowest BCUT2D eigenvalue weighted by Gasteiger charge is -2.36. The van der Waals surface area contributed by atoms with Gasteiger partial charge in [-0.05, 0) is 36.8 Å². The molecule has 0 aromatic carbocycles. The van der Waals surface area contributed by atoms with Crippen molar-refractivity contribution in [3.8, 4) is 0 Å². The molecule has 0 amide bonds. The molecule has 1 aromatic heterocycles. The fraction of sp³-hybridized carbons (Fsp3) is 0.692. The third kappa shape index (κ3) is 2.15. The predicted molar refractivity (Wildman–Crippen MR) is 64.7 cm³/mol. The first-order chi connectivity index (χ1) is 7.80.